The molecule has 2 nitrogen and oxygen atoms in total. The number of ether oxygens (including phenoxy) is 2. The predicted molar refractivity (Wildman–Crippen MR) is 193 cm³/mol. The molecule has 0 aliphatic heterocycles. The Hall–Kier alpha value is -3.78. The van der Waals surface area contributed by atoms with E-state index in [0.717, 1.165) is 50.4 Å². The lowest BCUT2D eigenvalue weighted by molar-refractivity contribution is 0.304. The second kappa shape index (κ2) is 22.7. The van der Waals surface area contributed by atoms with E-state index in [-0.39, 0.29) is 0 Å². The average Bonchev–Trinajstić information content (AvgIpc) is 3.06. The zero-order chi connectivity index (χ0) is 30.9. The first kappa shape index (κ1) is 34.7. The molecule has 0 aliphatic carbocycles. The summed E-state index contributed by atoms with van der Waals surface area (Å²) in [6.07, 6.45) is 30.0. The highest BCUT2D eigenvalue weighted by atomic mass is 16.5. The van der Waals surface area contributed by atoms with Gasteiger partial charge in [0.2, 0.25) is 0 Å². The van der Waals surface area contributed by atoms with Crippen LogP contribution in [-0.4, -0.2) is 13.2 Å². The van der Waals surface area contributed by atoms with E-state index in [4.69, 9.17) is 9.47 Å². The number of hydrogen-bond acceptors (Lipinski definition) is 2. The van der Waals surface area contributed by atoms with E-state index in [1.54, 1.807) is 0 Å². The van der Waals surface area contributed by atoms with Crippen molar-refractivity contribution < 1.29 is 9.47 Å². The molecule has 0 saturated heterocycles. The van der Waals surface area contributed by atoms with Gasteiger partial charge in [-0.2, -0.15) is 0 Å². The van der Waals surface area contributed by atoms with Crippen molar-refractivity contribution in [3.63, 3.8) is 0 Å². The normalized spacial score (nSPS) is 11.3. The average molecular weight is 591 g/mol. The molecule has 0 bridgehead atoms. The molecule has 0 unspecified atom stereocenters. The third-order valence-corrected chi connectivity index (χ3v) is 7.78. The minimum Gasteiger partial charge on any atom is -0.494 e. The highest BCUT2D eigenvalue weighted by Gasteiger charge is 1.98. The summed E-state index contributed by atoms with van der Waals surface area (Å²) >= 11 is 0. The highest BCUT2D eigenvalue weighted by molar-refractivity contribution is 5.73. The number of rotatable bonds is 24. The van der Waals surface area contributed by atoms with Crippen molar-refractivity contribution in [3.05, 3.63) is 120 Å². The lowest BCUT2D eigenvalue weighted by Gasteiger charge is -2.06. The first-order valence-electron chi connectivity index (χ1n) is 16.9. The first-order valence-corrected chi connectivity index (χ1v) is 16.9. The predicted octanol–water partition coefficient (Wildman–Crippen LogP) is 12.6. The summed E-state index contributed by atoms with van der Waals surface area (Å²) in [4.78, 5) is 0. The lowest BCUT2D eigenvalue weighted by atomic mass is 10.1. The topological polar surface area (TPSA) is 18.5 Å². The van der Waals surface area contributed by atoms with Crippen molar-refractivity contribution in [2.75, 3.05) is 13.2 Å². The minimum atomic E-state index is 0.792. The molecule has 0 fully saturated rings. The van der Waals surface area contributed by atoms with Crippen LogP contribution in [0.1, 0.15) is 112 Å². The Bertz CT molecular complexity index is 1120. The van der Waals surface area contributed by atoms with E-state index in [9.17, 15) is 0 Å². The van der Waals surface area contributed by atoms with E-state index in [1.165, 1.54) is 86.5 Å². The standard InChI is InChI=1S/C42H54O2/c1-3-5-7-9-11-13-15-17-35-43-41-31-27-39(28-32-41)25-23-37-19-21-38(22-20-37)24-26-40-29-33-42(34-30-40)44-36-18-16-14-12-10-8-6-4-2/h3-4,19-34H,1-2,5-18,35-36H2. The Kier molecular flexibility index (Phi) is 17.9. The zero-order valence-electron chi connectivity index (χ0n) is 26.9. The van der Waals surface area contributed by atoms with Crippen LogP contribution in [0.4, 0.5) is 0 Å². The van der Waals surface area contributed by atoms with Crippen LogP contribution in [0.3, 0.4) is 0 Å². The van der Waals surface area contributed by atoms with Gasteiger partial charge in [0.25, 0.3) is 0 Å². The van der Waals surface area contributed by atoms with E-state index in [0.29, 0.717) is 0 Å². The molecular formula is C42H54O2. The first-order chi connectivity index (χ1) is 21.8. The number of allylic oxidation sites excluding steroid dienone is 2. The van der Waals surface area contributed by atoms with Crippen LogP contribution >= 0.6 is 0 Å². The molecule has 0 heterocycles. The van der Waals surface area contributed by atoms with Gasteiger partial charge < -0.3 is 9.47 Å². The summed E-state index contributed by atoms with van der Waals surface area (Å²) in [6.45, 7) is 9.15. The van der Waals surface area contributed by atoms with Gasteiger partial charge in [0.1, 0.15) is 11.5 Å². The van der Waals surface area contributed by atoms with Gasteiger partial charge >= 0.3 is 0 Å². The Morgan fingerprint density at radius 1 is 0.364 bits per heavy atom. The van der Waals surface area contributed by atoms with Crippen molar-refractivity contribution in [2.24, 2.45) is 0 Å². The van der Waals surface area contributed by atoms with Crippen molar-refractivity contribution in [1.82, 2.24) is 0 Å². The quantitative estimate of drug-likeness (QED) is 0.0587. The van der Waals surface area contributed by atoms with E-state index >= 15 is 0 Å². The molecule has 0 atom stereocenters. The van der Waals surface area contributed by atoms with Crippen LogP contribution in [0.2, 0.25) is 0 Å². The summed E-state index contributed by atoms with van der Waals surface area (Å²) in [5, 5.41) is 0. The molecule has 3 aromatic carbocycles. The number of hydrogen-bond donors (Lipinski definition) is 0. The molecule has 2 heteroatoms. The van der Waals surface area contributed by atoms with Crippen molar-refractivity contribution >= 4 is 24.3 Å². The van der Waals surface area contributed by atoms with E-state index < -0.39 is 0 Å². The van der Waals surface area contributed by atoms with Gasteiger partial charge in [-0.05, 0) is 85.0 Å². The summed E-state index contributed by atoms with van der Waals surface area (Å²) in [7, 11) is 0. The maximum Gasteiger partial charge on any atom is 0.119 e. The fraction of sp³-hybridized carbons (Fsp3) is 0.381. The van der Waals surface area contributed by atoms with E-state index in [2.05, 4.69) is 110 Å². The van der Waals surface area contributed by atoms with Gasteiger partial charge in [-0.15, -0.1) is 13.2 Å². The molecule has 44 heavy (non-hydrogen) atoms. The Balaban J connectivity index is 1.31. The Labute approximate surface area is 268 Å². The summed E-state index contributed by atoms with van der Waals surface area (Å²) in [6, 6.07) is 25.4. The van der Waals surface area contributed by atoms with Crippen LogP contribution in [0, 0.1) is 0 Å². The zero-order valence-corrected chi connectivity index (χ0v) is 26.9. The van der Waals surface area contributed by atoms with Gasteiger partial charge in [-0.3, -0.25) is 0 Å². The van der Waals surface area contributed by atoms with Crippen LogP contribution in [0.15, 0.2) is 98.1 Å². The maximum absolute atomic E-state index is 5.93. The molecule has 0 saturated carbocycles. The molecule has 0 aromatic heterocycles. The van der Waals surface area contributed by atoms with Crippen molar-refractivity contribution in [2.45, 2.75) is 89.9 Å². The number of unbranched alkanes of at least 4 members (excludes halogenated alkanes) is 12. The van der Waals surface area contributed by atoms with Gasteiger partial charge in [-0.25, -0.2) is 0 Å². The molecular weight excluding hydrogens is 536 g/mol. The van der Waals surface area contributed by atoms with Gasteiger partial charge in [0, 0.05) is 0 Å². The second-order valence-corrected chi connectivity index (χ2v) is 11.6. The monoisotopic (exact) mass is 590 g/mol. The molecule has 3 rings (SSSR count). The molecule has 0 amide bonds. The van der Waals surface area contributed by atoms with Crippen LogP contribution in [-0.2, 0) is 0 Å². The van der Waals surface area contributed by atoms with E-state index in [1.807, 2.05) is 12.2 Å². The largest absolute Gasteiger partial charge is 0.494 e. The summed E-state index contributed by atoms with van der Waals surface area (Å²) < 4.78 is 11.9. The molecule has 234 valence electrons. The molecule has 0 spiro atoms. The van der Waals surface area contributed by atoms with Crippen molar-refractivity contribution in [1.29, 1.82) is 0 Å². The minimum absolute atomic E-state index is 0.792. The Morgan fingerprint density at radius 3 is 0.955 bits per heavy atom. The summed E-state index contributed by atoms with van der Waals surface area (Å²) in [5.41, 5.74) is 4.70. The third kappa shape index (κ3) is 15.6. The molecule has 0 N–H and O–H groups in total. The lowest BCUT2D eigenvalue weighted by Crippen LogP contribution is -1.97. The fourth-order valence-electron chi connectivity index (χ4n) is 5.03. The van der Waals surface area contributed by atoms with Crippen LogP contribution in [0.25, 0.3) is 24.3 Å². The maximum atomic E-state index is 5.93. The Morgan fingerprint density at radius 2 is 0.636 bits per heavy atom. The van der Waals surface area contributed by atoms with Crippen molar-refractivity contribution in [3.8, 4) is 11.5 Å². The van der Waals surface area contributed by atoms with Crippen LogP contribution < -0.4 is 9.47 Å². The smallest absolute Gasteiger partial charge is 0.119 e. The number of benzene rings is 3. The summed E-state index contributed by atoms with van der Waals surface area (Å²) in [5.74, 6) is 1.89. The van der Waals surface area contributed by atoms with Crippen LogP contribution in [0.5, 0.6) is 11.5 Å². The molecule has 0 aliphatic rings. The van der Waals surface area contributed by atoms with Gasteiger partial charge in [0.15, 0.2) is 0 Å². The molecule has 0 radical (unpaired) electrons. The highest BCUT2D eigenvalue weighted by Crippen LogP contribution is 2.18. The molecule has 3 aromatic rings. The SMILES string of the molecule is C=CCCCCCCCCOc1ccc(C=Cc2ccc(C=Cc3ccc(OCCCCCCCCC=C)cc3)cc2)cc1. The fourth-order valence-corrected chi connectivity index (χ4v) is 5.03. The van der Waals surface area contributed by atoms with Gasteiger partial charge in [0.05, 0.1) is 13.2 Å². The van der Waals surface area contributed by atoms with Gasteiger partial charge in [-0.1, -0.05) is 136 Å². The third-order valence-electron chi connectivity index (χ3n) is 7.78. The second-order valence-electron chi connectivity index (χ2n) is 11.6.